The Bertz CT molecular complexity index is 488. The molecule has 4 nitrogen and oxygen atoms in total. The minimum atomic E-state index is 0.546. The molecule has 0 aliphatic rings. The maximum Gasteiger partial charge on any atom is 0.0888 e. The van der Waals surface area contributed by atoms with Gasteiger partial charge >= 0.3 is 0 Å². The fourth-order valence-electron chi connectivity index (χ4n) is 1.79. The van der Waals surface area contributed by atoms with Crippen LogP contribution < -0.4 is 5.32 Å². The molecule has 2 rings (SSSR count). The standard InChI is InChI=1S/C15H19N3O/c1-16-11-14-6-4-7-15(18-14)12-19-10-8-13-5-2-3-9-17-13/h2-7,9,16H,8,10-12H2,1H3. The van der Waals surface area contributed by atoms with Crippen molar-refractivity contribution in [1.29, 1.82) is 0 Å². The second-order valence-electron chi connectivity index (χ2n) is 4.27. The van der Waals surface area contributed by atoms with Crippen molar-refractivity contribution >= 4 is 0 Å². The van der Waals surface area contributed by atoms with E-state index in [-0.39, 0.29) is 0 Å². The van der Waals surface area contributed by atoms with E-state index in [1.165, 1.54) is 0 Å². The Kier molecular flexibility index (Phi) is 5.47. The summed E-state index contributed by atoms with van der Waals surface area (Å²) in [5.41, 5.74) is 3.06. The molecule has 0 unspecified atom stereocenters. The number of hydrogen-bond donors (Lipinski definition) is 1. The van der Waals surface area contributed by atoms with E-state index in [1.807, 2.05) is 43.4 Å². The molecule has 0 aromatic carbocycles. The summed E-state index contributed by atoms with van der Waals surface area (Å²) in [6, 6.07) is 11.9. The first-order chi connectivity index (χ1) is 9.38. The molecule has 0 saturated carbocycles. The van der Waals surface area contributed by atoms with Crippen LogP contribution in [0.2, 0.25) is 0 Å². The van der Waals surface area contributed by atoms with Gasteiger partial charge in [-0.15, -0.1) is 0 Å². The first kappa shape index (κ1) is 13.6. The third-order valence-corrected chi connectivity index (χ3v) is 2.70. The van der Waals surface area contributed by atoms with Gasteiger partial charge in [-0.1, -0.05) is 12.1 Å². The summed E-state index contributed by atoms with van der Waals surface area (Å²) in [5, 5.41) is 3.09. The second-order valence-corrected chi connectivity index (χ2v) is 4.27. The minimum absolute atomic E-state index is 0.546. The van der Waals surface area contributed by atoms with Crippen molar-refractivity contribution in [2.45, 2.75) is 19.6 Å². The molecule has 0 fully saturated rings. The van der Waals surface area contributed by atoms with Gasteiger partial charge in [0, 0.05) is 24.9 Å². The van der Waals surface area contributed by atoms with Crippen LogP contribution in [-0.2, 0) is 24.3 Å². The minimum Gasteiger partial charge on any atom is -0.375 e. The normalized spacial score (nSPS) is 10.6. The molecule has 0 spiro atoms. The number of ether oxygens (including phenoxy) is 1. The van der Waals surface area contributed by atoms with Crippen molar-refractivity contribution in [2.75, 3.05) is 13.7 Å². The van der Waals surface area contributed by atoms with Crippen molar-refractivity contribution in [1.82, 2.24) is 15.3 Å². The summed E-state index contributed by atoms with van der Waals surface area (Å²) in [5.74, 6) is 0. The molecule has 0 atom stereocenters. The topological polar surface area (TPSA) is 47.0 Å². The number of hydrogen-bond acceptors (Lipinski definition) is 4. The van der Waals surface area contributed by atoms with E-state index in [1.54, 1.807) is 6.20 Å². The van der Waals surface area contributed by atoms with Gasteiger partial charge in [0.2, 0.25) is 0 Å². The lowest BCUT2D eigenvalue weighted by molar-refractivity contribution is 0.120. The van der Waals surface area contributed by atoms with Gasteiger partial charge in [0.05, 0.1) is 24.6 Å². The zero-order chi connectivity index (χ0) is 13.3. The molecule has 0 saturated heterocycles. The molecule has 0 amide bonds. The predicted octanol–water partition coefficient (Wildman–Crippen LogP) is 1.96. The summed E-state index contributed by atoms with van der Waals surface area (Å²) in [7, 11) is 1.91. The Morgan fingerprint density at radius 1 is 1.05 bits per heavy atom. The van der Waals surface area contributed by atoms with Crippen LogP contribution in [0.5, 0.6) is 0 Å². The number of rotatable bonds is 7. The van der Waals surface area contributed by atoms with Crippen LogP contribution in [0.25, 0.3) is 0 Å². The van der Waals surface area contributed by atoms with E-state index in [0.29, 0.717) is 13.2 Å². The van der Waals surface area contributed by atoms with Gasteiger partial charge in [0.25, 0.3) is 0 Å². The summed E-state index contributed by atoms with van der Waals surface area (Å²) >= 11 is 0. The van der Waals surface area contributed by atoms with Gasteiger partial charge in [0.1, 0.15) is 0 Å². The maximum absolute atomic E-state index is 5.63. The Morgan fingerprint density at radius 3 is 2.68 bits per heavy atom. The van der Waals surface area contributed by atoms with E-state index < -0.39 is 0 Å². The lowest BCUT2D eigenvalue weighted by atomic mass is 10.3. The number of pyridine rings is 2. The Balaban J connectivity index is 1.75. The number of nitrogens with zero attached hydrogens (tertiary/aromatic N) is 2. The molecular formula is C15H19N3O. The molecule has 19 heavy (non-hydrogen) atoms. The number of nitrogens with one attached hydrogen (secondary N) is 1. The van der Waals surface area contributed by atoms with Crippen LogP contribution in [0, 0.1) is 0 Å². The lowest BCUT2D eigenvalue weighted by Crippen LogP contribution is -2.08. The molecule has 2 heterocycles. The van der Waals surface area contributed by atoms with Crippen molar-refractivity contribution in [3.8, 4) is 0 Å². The zero-order valence-corrected chi connectivity index (χ0v) is 11.2. The molecule has 4 heteroatoms. The summed E-state index contributed by atoms with van der Waals surface area (Å²) < 4.78 is 5.63. The fourth-order valence-corrected chi connectivity index (χ4v) is 1.79. The molecule has 0 aliphatic heterocycles. The lowest BCUT2D eigenvalue weighted by Gasteiger charge is -2.05. The highest BCUT2D eigenvalue weighted by Gasteiger charge is 1.98. The molecule has 2 aromatic heterocycles. The first-order valence-electron chi connectivity index (χ1n) is 6.45. The Morgan fingerprint density at radius 2 is 1.89 bits per heavy atom. The van der Waals surface area contributed by atoms with Gasteiger partial charge in [-0.05, 0) is 31.3 Å². The Hall–Kier alpha value is -1.78. The van der Waals surface area contributed by atoms with E-state index in [2.05, 4.69) is 15.3 Å². The fraction of sp³-hybridized carbons (Fsp3) is 0.333. The van der Waals surface area contributed by atoms with E-state index in [4.69, 9.17) is 4.74 Å². The average molecular weight is 257 g/mol. The summed E-state index contributed by atoms with van der Waals surface area (Å²) in [6.07, 6.45) is 2.63. The third kappa shape index (κ3) is 4.77. The van der Waals surface area contributed by atoms with Crippen molar-refractivity contribution in [2.24, 2.45) is 0 Å². The molecule has 0 bridgehead atoms. The van der Waals surface area contributed by atoms with Crippen molar-refractivity contribution in [3.63, 3.8) is 0 Å². The van der Waals surface area contributed by atoms with Crippen LogP contribution in [0.3, 0.4) is 0 Å². The van der Waals surface area contributed by atoms with Gasteiger partial charge in [-0.2, -0.15) is 0 Å². The van der Waals surface area contributed by atoms with E-state index in [9.17, 15) is 0 Å². The smallest absolute Gasteiger partial charge is 0.0888 e. The van der Waals surface area contributed by atoms with Crippen LogP contribution in [0.1, 0.15) is 17.1 Å². The van der Waals surface area contributed by atoms with Gasteiger partial charge < -0.3 is 10.1 Å². The molecule has 100 valence electrons. The van der Waals surface area contributed by atoms with E-state index >= 15 is 0 Å². The van der Waals surface area contributed by atoms with Gasteiger partial charge in [-0.3, -0.25) is 9.97 Å². The SMILES string of the molecule is CNCc1cccc(COCCc2ccccn2)n1. The molecule has 0 radical (unpaired) electrons. The van der Waals surface area contributed by atoms with E-state index in [0.717, 1.165) is 30.0 Å². The van der Waals surface area contributed by atoms with Crippen LogP contribution in [0.4, 0.5) is 0 Å². The maximum atomic E-state index is 5.63. The van der Waals surface area contributed by atoms with Crippen LogP contribution in [-0.4, -0.2) is 23.6 Å². The van der Waals surface area contributed by atoms with Crippen LogP contribution >= 0.6 is 0 Å². The molecular weight excluding hydrogens is 238 g/mol. The summed E-state index contributed by atoms with van der Waals surface area (Å²) in [4.78, 5) is 8.76. The third-order valence-electron chi connectivity index (χ3n) is 2.70. The quantitative estimate of drug-likeness (QED) is 0.770. The van der Waals surface area contributed by atoms with Gasteiger partial charge in [0.15, 0.2) is 0 Å². The van der Waals surface area contributed by atoms with Gasteiger partial charge in [-0.25, -0.2) is 0 Å². The molecule has 2 aromatic rings. The van der Waals surface area contributed by atoms with Crippen molar-refractivity contribution in [3.05, 3.63) is 59.7 Å². The largest absolute Gasteiger partial charge is 0.375 e. The monoisotopic (exact) mass is 257 g/mol. The highest BCUT2D eigenvalue weighted by Crippen LogP contribution is 2.02. The predicted molar refractivity (Wildman–Crippen MR) is 74.6 cm³/mol. The molecule has 1 N–H and O–H groups in total. The average Bonchev–Trinajstić information content (AvgIpc) is 2.46. The first-order valence-corrected chi connectivity index (χ1v) is 6.45. The Labute approximate surface area is 113 Å². The second kappa shape index (κ2) is 7.61. The number of aromatic nitrogens is 2. The summed E-state index contributed by atoms with van der Waals surface area (Å²) in [6.45, 7) is 1.99. The zero-order valence-electron chi connectivity index (χ0n) is 11.2. The highest BCUT2D eigenvalue weighted by atomic mass is 16.5. The van der Waals surface area contributed by atoms with Crippen molar-refractivity contribution < 1.29 is 4.74 Å². The molecule has 0 aliphatic carbocycles. The van der Waals surface area contributed by atoms with Crippen LogP contribution in [0.15, 0.2) is 42.6 Å². The highest BCUT2D eigenvalue weighted by molar-refractivity contribution is 5.10.